The van der Waals surface area contributed by atoms with Gasteiger partial charge in [-0.1, -0.05) is 23.7 Å². The number of urea groups is 1. The van der Waals surface area contributed by atoms with Crippen LogP contribution in [0.15, 0.2) is 24.3 Å². The first-order chi connectivity index (χ1) is 11.1. The Bertz CT molecular complexity index is 537. The van der Waals surface area contributed by atoms with E-state index < -0.39 is 0 Å². The molecule has 2 amide bonds. The fraction of sp³-hybridized carbons (Fsp3) is 0.588. The van der Waals surface area contributed by atoms with E-state index in [0.717, 1.165) is 62.8 Å². The number of carbonyl (C=O) groups excluding carboxylic acids is 1. The van der Waals surface area contributed by atoms with E-state index in [1.165, 1.54) is 0 Å². The van der Waals surface area contributed by atoms with Crippen LogP contribution in [0, 0.1) is 0 Å². The van der Waals surface area contributed by atoms with Crippen molar-refractivity contribution in [3.05, 3.63) is 29.3 Å². The van der Waals surface area contributed by atoms with Crippen molar-refractivity contribution in [2.24, 2.45) is 0 Å². The number of nitrogens with zero attached hydrogens (tertiary/aromatic N) is 3. The third kappa shape index (κ3) is 4.09. The Labute approximate surface area is 143 Å². The van der Waals surface area contributed by atoms with Gasteiger partial charge in [-0.05, 0) is 45.1 Å². The normalized spacial score (nSPS) is 20.6. The zero-order valence-corrected chi connectivity index (χ0v) is 14.4. The van der Waals surface area contributed by atoms with Gasteiger partial charge in [0.1, 0.15) is 0 Å². The summed E-state index contributed by atoms with van der Waals surface area (Å²) in [6.45, 7) is 5.25. The van der Waals surface area contributed by atoms with Gasteiger partial charge in [-0.2, -0.15) is 0 Å². The molecule has 0 bridgehead atoms. The molecular weight excluding hydrogens is 312 g/mol. The number of hydrogen-bond donors (Lipinski definition) is 1. The van der Waals surface area contributed by atoms with Crippen molar-refractivity contribution < 1.29 is 4.79 Å². The number of hydrogen-bond acceptors (Lipinski definition) is 3. The van der Waals surface area contributed by atoms with Crippen molar-refractivity contribution >= 4 is 23.3 Å². The number of amides is 2. The zero-order chi connectivity index (χ0) is 16.2. The van der Waals surface area contributed by atoms with Crippen molar-refractivity contribution in [2.45, 2.75) is 18.9 Å². The Hall–Kier alpha value is -1.46. The predicted octanol–water partition coefficient (Wildman–Crippen LogP) is 2.27. The van der Waals surface area contributed by atoms with Crippen LogP contribution in [0.3, 0.4) is 0 Å². The maximum absolute atomic E-state index is 12.4. The van der Waals surface area contributed by atoms with Crippen LogP contribution >= 0.6 is 11.6 Å². The van der Waals surface area contributed by atoms with Crippen LogP contribution in [-0.4, -0.2) is 68.2 Å². The minimum atomic E-state index is 0.0818. The number of halogens is 1. The highest BCUT2D eigenvalue weighted by atomic mass is 35.5. The van der Waals surface area contributed by atoms with Crippen LogP contribution in [0.5, 0.6) is 0 Å². The Morgan fingerprint density at radius 2 is 1.74 bits per heavy atom. The van der Waals surface area contributed by atoms with E-state index in [2.05, 4.69) is 22.2 Å². The zero-order valence-electron chi connectivity index (χ0n) is 13.7. The summed E-state index contributed by atoms with van der Waals surface area (Å²) in [7, 11) is 2.13. The summed E-state index contributed by atoms with van der Waals surface area (Å²) in [5.74, 6) is 0. The van der Waals surface area contributed by atoms with Gasteiger partial charge >= 0.3 is 6.03 Å². The average molecular weight is 337 g/mol. The van der Waals surface area contributed by atoms with Gasteiger partial charge in [0.15, 0.2) is 0 Å². The number of carbonyl (C=O) groups is 1. The van der Waals surface area contributed by atoms with E-state index in [1.54, 1.807) is 0 Å². The van der Waals surface area contributed by atoms with Gasteiger partial charge in [0.05, 0.1) is 10.7 Å². The maximum Gasteiger partial charge on any atom is 0.317 e. The minimum Gasteiger partial charge on any atom is -0.367 e. The van der Waals surface area contributed by atoms with Crippen LogP contribution < -0.4 is 10.2 Å². The number of piperazine rings is 1. The molecule has 2 aliphatic heterocycles. The second-order valence-corrected chi connectivity index (χ2v) is 6.86. The van der Waals surface area contributed by atoms with Crippen LogP contribution in [0.2, 0.25) is 5.02 Å². The first-order valence-electron chi connectivity index (χ1n) is 8.37. The largest absolute Gasteiger partial charge is 0.367 e. The first kappa shape index (κ1) is 16.4. The summed E-state index contributed by atoms with van der Waals surface area (Å²) < 4.78 is 0. The van der Waals surface area contributed by atoms with E-state index in [1.807, 2.05) is 29.2 Å². The Morgan fingerprint density at radius 1 is 1.09 bits per heavy atom. The molecule has 2 heterocycles. The molecule has 0 unspecified atom stereocenters. The summed E-state index contributed by atoms with van der Waals surface area (Å²) in [6.07, 6.45) is 2.09. The van der Waals surface area contributed by atoms with Crippen LogP contribution in [0.1, 0.15) is 12.8 Å². The average Bonchev–Trinajstić information content (AvgIpc) is 2.57. The van der Waals surface area contributed by atoms with Gasteiger partial charge in [-0.25, -0.2) is 4.79 Å². The summed E-state index contributed by atoms with van der Waals surface area (Å²) in [6, 6.07) is 8.29. The van der Waals surface area contributed by atoms with Crippen molar-refractivity contribution in [1.29, 1.82) is 0 Å². The van der Waals surface area contributed by atoms with Crippen LogP contribution in [-0.2, 0) is 0 Å². The highest BCUT2D eigenvalue weighted by molar-refractivity contribution is 6.33. The Balaban J connectivity index is 1.49. The van der Waals surface area contributed by atoms with Crippen molar-refractivity contribution in [3.63, 3.8) is 0 Å². The molecule has 23 heavy (non-hydrogen) atoms. The molecule has 2 fully saturated rings. The number of para-hydroxylation sites is 1. The Kier molecular flexibility index (Phi) is 5.28. The number of anilines is 1. The van der Waals surface area contributed by atoms with Gasteiger partial charge in [0.25, 0.3) is 0 Å². The summed E-state index contributed by atoms with van der Waals surface area (Å²) in [5, 5.41) is 3.97. The minimum absolute atomic E-state index is 0.0818. The molecule has 1 N–H and O–H groups in total. The third-order valence-electron chi connectivity index (χ3n) is 4.81. The number of benzene rings is 1. The SMILES string of the molecule is CN1CCC(NC(=O)N2CCN(c3ccccc3Cl)CC2)CC1. The van der Waals surface area contributed by atoms with Crippen LogP contribution in [0.4, 0.5) is 10.5 Å². The molecule has 126 valence electrons. The molecule has 0 saturated carbocycles. The molecule has 6 heteroatoms. The molecule has 1 aromatic carbocycles. The molecule has 3 rings (SSSR count). The lowest BCUT2D eigenvalue weighted by Gasteiger charge is -2.38. The highest BCUT2D eigenvalue weighted by Crippen LogP contribution is 2.26. The second kappa shape index (κ2) is 7.41. The molecule has 1 aromatic rings. The predicted molar refractivity (Wildman–Crippen MR) is 94.3 cm³/mol. The molecule has 0 spiro atoms. The number of rotatable bonds is 2. The van der Waals surface area contributed by atoms with Crippen molar-refractivity contribution in [1.82, 2.24) is 15.1 Å². The Morgan fingerprint density at radius 3 is 2.39 bits per heavy atom. The summed E-state index contributed by atoms with van der Waals surface area (Å²) >= 11 is 6.26. The lowest BCUT2D eigenvalue weighted by atomic mass is 10.1. The van der Waals surface area contributed by atoms with E-state index >= 15 is 0 Å². The molecule has 5 nitrogen and oxygen atoms in total. The first-order valence-corrected chi connectivity index (χ1v) is 8.75. The number of nitrogens with one attached hydrogen (secondary N) is 1. The maximum atomic E-state index is 12.4. The fourth-order valence-electron chi connectivity index (χ4n) is 3.28. The number of likely N-dealkylation sites (tertiary alicyclic amines) is 1. The number of piperidine rings is 1. The molecular formula is C17H25ClN4O. The fourth-order valence-corrected chi connectivity index (χ4v) is 3.53. The van der Waals surface area contributed by atoms with Gasteiger partial charge in [-0.15, -0.1) is 0 Å². The van der Waals surface area contributed by atoms with Gasteiger partial charge < -0.3 is 20.0 Å². The van der Waals surface area contributed by atoms with E-state index in [9.17, 15) is 4.79 Å². The van der Waals surface area contributed by atoms with Crippen LogP contribution in [0.25, 0.3) is 0 Å². The summed E-state index contributed by atoms with van der Waals surface area (Å²) in [5.41, 5.74) is 1.06. The van der Waals surface area contributed by atoms with Gasteiger partial charge in [0, 0.05) is 32.2 Å². The van der Waals surface area contributed by atoms with Crippen molar-refractivity contribution in [3.8, 4) is 0 Å². The summed E-state index contributed by atoms with van der Waals surface area (Å²) in [4.78, 5) is 18.9. The molecule has 0 atom stereocenters. The molecule has 2 aliphatic rings. The third-order valence-corrected chi connectivity index (χ3v) is 5.13. The lowest BCUT2D eigenvalue weighted by molar-refractivity contribution is 0.178. The molecule has 0 aromatic heterocycles. The monoisotopic (exact) mass is 336 g/mol. The van der Waals surface area contributed by atoms with E-state index in [0.29, 0.717) is 6.04 Å². The van der Waals surface area contributed by atoms with Gasteiger partial charge in [-0.3, -0.25) is 0 Å². The highest BCUT2D eigenvalue weighted by Gasteiger charge is 2.25. The van der Waals surface area contributed by atoms with Gasteiger partial charge in [0.2, 0.25) is 0 Å². The molecule has 0 aliphatic carbocycles. The molecule has 2 saturated heterocycles. The quantitative estimate of drug-likeness (QED) is 0.900. The van der Waals surface area contributed by atoms with Crippen molar-refractivity contribution in [2.75, 3.05) is 51.2 Å². The second-order valence-electron chi connectivity index (χ2n) is 6.45. The molecule has 0 radical (unpaired) electrons. The smallest absolute Gasteiger partial charge is 0.317 e. The standard InChI is InChI=1S/C17H25ClN4O/c1-20-8-6-14(7-9-20)19-17(23)22-12-10-21(11-13-22)16-5-3-2-4-15(16)18/h2-5,14H,6-13H2,1H3,(H,19,23). The van der Waals surface area contributed by atoms with E-state index in [-0.39, 0.29) is 6.03 Å². The van der Waals surface area contributed by atoms with E-state index in [4.69, 9.17) is 11.6 Å². The topological polar surface area (TPSA) is 38.8 Å². The lowest BCUT2D eigenvalue weighted by Crippen LogP contribution is -2.54.